The number of rotatable bonds is 14. The third kappa shape index (κ3) is 15.2. The smallest absolute Gasteiger partial charge is 0.409 e. The third-order valence-electron chi connectivity index (χ3n) is 6.21. The number of aromatic nitrogens is 3. The van der Waals surface area contributed by atoms with E-state index in [9.17, 15) is 25.9 Å². The van der Waals surface area contributed by atoms with Crippen LogP contribution in [0, 0.1) is 0 Å². The van der Waals surface area contributed by atoms with Crippen molar-refractivity contribution in [3.8, 4) is 5.75 Å². The van der Waals surface area contributed by atoms with E-state index in [1.165, 1.54) is 0 Å². The largest absolute Gasteiger partial charge is 0.726 e. The van der Waals surface area contributed by atoms with Gasteiger partial charge in [0.25, 0.3) is 0 Å². The first kappa shape index (κ1) is 42.1. The molecule has 2 heterocycles. The van der Waals surface area contributed by atoms with Crippen LogP contribution < -0.4 is 25.3 Å². The van der Waals surface area contributed by atoms with Crippen molar-refractivity contribution in [3.05, 3.63) is 48.5 Å². The quantitative estimate of drug-likeness (QED) is 0.0415. The summed E-state index contributed by atoms with van der Waals surface area (Å²) in [6.45, 7) is 4.51. The van der Waals surface area contributed by atoms with Crippen LogP contribution in [0.3, 0.4) is 0 Å². The Kier molecular flexibility index (Phi) is 16.3. The van der Waals surface area contributed by atoms with E-state index in [0.717, 1.165) is 65.0 Å². The minimum absolute atomic E-state index is 0.526. The summed E-state index contributed by atoms with van der Waals surface area (Å²) in [7, 11) is 3.02. The van der Waals surface area contributed by atoms with E-state index >= 15 is 0 Å². The van der Waals surface area contributed by atoms with Gasteiger partial charge in [-0.15, -0.1) is 0 Å². The highest BCUT2D eigenvalue weighted by atomic mass is 32.3. The predicted molar refractivity (Wildman–Crippen MR) is 189 cm³/mol. The highest BCUT2D eigenvalue weighted by Crippen LogP contribution is 2.36. The van der Waals surface area contributed by atoms with Gasteiger partial charge >= 0.3 is 5.13 Å². The molecule has 0 aliphatic heterocycles. The van der Waals surface area contributed by atoms with Crippen LogP contribution in [0.2, 0.25) is 0 Å². The predicted octanol–water partition coefficient (Wildman–Crippen LogP) is 3.81. The van der Waals surface area contributed by atoms with Gasteiger partial charge in [-0.3, -0.25) is 8.37 Å². The topological polar surface area (TPSA) is 233 Å². The van der Waals surface area contributed by atoms with E-state index in [-0.39, 0.29) is 0 Å². The molecule has 50 heavy (non-hydrogen) atoms. The number of thiazole rings is 1. The summed E-state index contributed by atoms with van der Waals surface area (Å²) in [5.74, 6) is 2.54. The van der Waals surface area contributed by atoms with Gasteiger partial charge in [-0.1, -0.05) is 18.2 Å². The summed E-state index contributed by atoms with van der Waals surface area (Å²) >= 11 is 1.55. The Balaban J connectivity index is 0.000000619. The summed E-state index contributed by atoms with van der Waals surface area (Å²) in [5.41, 5.74) is 2.51. The normalized spacial score (nSPS) is 11.7. The molecule has 0 unspecified atom stereocenters. The lowest BCUT2D eigenvalue weighted by Gasteiger charge is -2.23. The van der Waals surface area contributed by atoms with Gasteiger partial charge in [0.15, 0.2) is 17.3 Å². The Morgan fingerprint density at radius 3 is 2.04 bits per heavy atom. The van der Waals surface area contributed by atoms with Crippen LogP contribution in [-0.4, -0.2) is 102 Å². The van der Waals surface area contributed by atoms with Crippen LogP contribution >= 0.6 is 11.3 Å². The molecular formula is C29H43N9O9S3. The molecule has 21 heteroatoms. The number of fused-ring (bicyclic) bond motifs is 1. The standard InChI is InChI=1S/C27H36N9OS.2CH4O4S/c1-7-28-26-31-24(29-16-11-17-36(3,4)5)23(25(32-26)30-19-12-9-8-10-13-19)33-34-27-35(2)21-15-14-20(37-6)18-22(21)38-27;2*1-5-6(2,3)4/h8-10,12-15,18H,7,11,16-17H2,1-6H3,(H2,28,29,30,31,32);2*1H3,(H,2,3,4)/q+1;;/p-1. The highest BCUT2D eigenvalue weighted by Gasteiger charge is 2.21. The van der Waals surface area contributed by atoms with Gasteiger partial charge in [0.05, 0.1) is 65.9 Å². The van der Waals surface area contributed by atoms with Crippen molar-refractivity contribution in [2.75, 3.05) is 78.1 Å². The van der Waals surface area contributed by atoms with Gasteiger partial charge in [-0.2, -0.15) is 9.97 Å². The SMILES string of the molecule is CCNc1nc(NCCC[N+](C)(C)C)c(N=Nc2sc3cc(OC)ccc3[n+]2C)c(Nc2ccccc2)n1.COS(=O)(=O)[O-].COS(=O)(=O)[O-]. The monoisotopic (exact) mass is 757 g/mol. The first-order chi connectivity index (χ1) is 23.4. The van der Waals surface area contributed by atoms with Gasteiger partial charge in [0.1, 0.15) is 11.3 Å². The molecule has 0 amide bonds. The molecule has 0 saturated heterocycles. The summed E-state index contributed by atoms with van der Waals surface area (Å²) in [6.07, 6.45) is 0.981. The fourth-order valence-electron chi connectivity index (χ4n) is 3.85. The van der Waals surface area contributed by atoms with E-state index in [1.807, 2.05) is 67.1 Å². The van der Waals surface area contributed by atoms with E-state index in [2.05, 4.69) is 50.6 Å². The number of methoxy groups -OCH3 is 1. The van der Waals surface area contributed by atoms with Crippen molar-refractivity contribution in [1.82, 2.24) is 9.97 Å². The maximum Gasteiger partial charge on any atom is 0.409 e. The summed E-state index contributed by atoms with van der Waals surface area (Å²) < 4.78 is 71.4. The lowest BCUT2D eigenvalue weighted by atomic mass is 10.3. The number of quaternary nitrogens is 1. The fraction of sp³-hybridized carbons (Fsp3) is 0.414. The van der Waals surface area contributed by atoms with Crippen molar-refractivity contribution in [2.45, 2.75) is 13.3 Å². The van der Waals surface area contributed by atoms with E-state index in [4.69, 9.17) is 19.8 Å². The second-order valence-electron chi connectivity index (χ2n) is 11.0. The van der Waals surface area contributed by atoms with Gasteiger partial charge in [0, 0.05) is 31.3 Å². The molecule has 0 bridgehead atoms. The molecule has 2 aromatic heterocycles. The molecule has 0 aliphatic carbocycles. The number of benzene rings is 2. The highest BCUT2D eigenvalue weighted by molar-refractivity contribution is 7.81. The Bertz CT molecular complexity index is 1890. The molecule has 0 saturated carbocycles. The third-order valence-corrected chi connectivity index (χ3v) is 8.12. The number of hydrogen-bond acceptors (Lipinski definition) is 17. The summed E-state index contributed by atoms with van der Waals surface area (Å²) in [4.78, 5) is 9.48. The zero-order valence-electron chi connectivity index (χ0n) is 29.0. The number of hydrogen-bond donors (Lipinski definition) is 3. The Labute approximate surface area is 296 Å². The molecule has 0 spiro atoms. The minimum atomic E-state index is -4.41. The zero-order chi connectivity index (χ0) is 37.5. The van der Waals surface area contributed by atoms with Crippen LogP contribution in [-0.2, 0) is 36.2 Å². The molecule has 0 radical (unpaired) electrons. The molecule has 276 valence electrons. The number of para-hydroxylation sites is 1. The van der Waals surface area contributed by atoms with Crippen LogP contribution in [0.1, 0.15) is 13.3 Å². The maximum atomic E-state index is 9.22. The Morgan fingerprint density at radius 2 is 1.50 bits per heavy atom. The molecule has 0 atom stereocenters. The summed E-state index contributed by atoms with van der Waals surface area (Å²) in [5, 5.41) is 20.2. The maximum absolute atomic E-state index is 9.22. The van der Waals surface area contributed by atoms with Crippen LogP contribution in [0.15, 0.2) is 58.8 Å². The molecule has 4 aromatic rings. The zero-order valence-corrected chi connectivity index (χ0v) is 31.5. The number of ether oxygens (including phenoxy) is 1. The molecule has 0 aliphatic rings. The molecule has 0 fully saturated rings. The van der Waals surface area contributed by atoms with Crippen molar-refractivity contribution in [1.29, 1.82) is 0 Å². The molecule has 4 rings (SSSR count). The number of nitrogens with one attached hydrogen (secondary N) is 3. The van der Waals surface area contributed by atoms with Gasteiger partial charge in [-0.25, -0.2) is 21.4 Å². The number of aryl methyl sites for hydroxylation is 1. The molecule has 18 nitrogen and oxygen atoms in total. The van der Waals surface area contributed by atoms with Gasteiger partial charge in [-0.05, 0) is 47.6 Å². The molecule has 3 N–H and O–H groups in total. The van der Waals surface area contributed by atoms with Crippen molar-refractivity contribution in [3.63, 3.8) is 0 Å². The van der Waals surface area contributed by atoms with E-state index in [1.54, 1.807) is 18.4 Å². The molecule has 2 aromatic carbocycles. The van der Waals surface area contributed by atoms with Crippen molar-refractivity contribution >= 4 is 76.4 Å². The van der Waals surface area contributed by atoms with E-state index in [0.29, 0.717) is 29.8 Å². The first-order valence-electron chi connectivity index (χ1n) is 14.8. The van der Waals surface area contributed by atoms with Crippen LogP contribution in [0.25, 0.3) is 10.2 Å². The second kappa shape index (κ2) is 19.3. The summed E-state index contributed by atoms with van der Waals surface area (Å²) in [6, 6.07) is 15.9. The van der Waals surface area contributed by atoms with Crippen molar-refractivity contribution < 1.29 is 48.1 Å². The number of anilines is 4. The van der Waals surface area contributed by atoms with E-state index < -0.39 is 20.8 Å². The average molecular weight is 758 g/mol. The lowest BCUT2D eigenvalue weighted by molar-refractivity contribution is -0.870. The minimum Gasteiger partial charge on any atom is -0.726 e. The fourth-order valence-corrected chi connectivity index (χ4v) is 4.84. The van der Waals surface area contributed by atoms with Gasteiger partial charge in [0.2, 0.25) is 26.7 Å². The second-order valence-corrected chi connectivity index (χ2v) is 14.3. The van der Waals surface area contributed by atoms with Crippen LogP contribution in [0.5, 0.6) is 5.75 Å². The lowest BCUT2D eigenvalue weighted by Crippen LogP contribution is -2.36. The van der Waals surface area contributed by atoms with Crippen LogP contribution in [0.4, 0.5) is 34.1 Å². The number of nitrogens with zero attached hydrogens (tertiary/aromatic N) is 6. The van der Waals surface area contributed by atoms with Gasteiger partial charge < -0.3 is 34.3 Å². The first-order valence-corrected chi connectivity index (χ1v) is 18.3. The Morgan fingerprint density at radius 1 is 0.900 bits per heavy atom. The van der Waals surface area contributed by atoms with Crippen molar-refractivity contribution in [2.24, 2.45) is 17.3 Å². The molecular weight excluding hydrogens is 715 g/mol. The Hall–Kier alpha value is -4.09. The average Bonchev–Trinajstić information content (AvgIpc) is 3.36. The number of azo groups is 1.